The normalized spacial score (nSPS) is 14.5. The topological polar surface area (TPSA) is 53.5 Å². The monoisotopic (exact) mass is 325 g/mol. The molecule has 1 fully saturated rings. The van der Waals surface area contributed by atoms with Gasteiger partial charge in [0.05, 0.1) is 12.1 Å². The van der Waals surface area contributed by atoms with E-state index in [2.05, 4.69) is 20.9 Å². The first-order chi connectivity index (χ1) is 9.09. The van der Waals surface area contributed by atoms with Crippen LogP contribution in [0.3, 0.4) is 0 Å². The minimum Gasteiger partial charge on any atom is -0.341 e. The lowest BCUT2D eigenvalue weighted by Gasteiger charge is -2.21. The fourth-order valence-corrected chi connectivity index (χ4v) is 2.51. The lowest BCUT2D eigenvalue weighted by molar-refractivity contribution is -0.130. The Morgan fingerprint density at radius 1 is 1.42 bits per heavy atom. The molecule has 0 aromatic carbocycles. The molecule has 0 saturated carbocycles. The van der Waals surface area contributed by atoms with Gasteiger partial charge in [0.15, 0.2) is 0 Å². The minimum atomic E-state index is -0.201. The van der Waals surface area contributed by atoms with Gasteiger partial charge in [-0.2, -0.15) is 0 Å². The summed E-state index contributed by atoms with van der Waals surface area (Å²) in [5, 5.41) is 0. The molecule has 0 bridgehead atoms. The first-order valence-electron chi connectivity index (χ1n) is 6.23. The summed E-state index contributed by atoms with van der Waals surface area (Å²) in [6.45, 7) is 1.72. The number of carbonyl (C=O) groups is 2. The van der Waals surface area contributed by atoms with Gasteiger partial charge in [0.1, 0.15) is 4.60 Å². The smallest absolute Gasteiger partial charge is 0.256 e. The predicted molar refractivity (Wildman–Crippen MR) is 74.7 cm³/mol. The fraction of sp³-hybridized carbons (Fsp3) is 0.462. The SMILES string of the molecule is CN(CC(=O)N1CCCC1)C(=O)c1cccnc1Br. The summed E-state index contributed by atoms with van der Waals surface area (Å²) in [7, 11) is 1.63. The van der Waals surface area contributed by atoms with Crippen molar-refractivity contribution in [1.29, 1.82) is 0 Å². The number of carbonyl (C=O) groups excluding carboxylic acids is 2. The van der Waals surface area contributed by atoms with Crippen LogP contribution in [-0.2, 0) is 4.79 Å². The van der Waals surface area contributed by atoms with E-state index in [-0.39, 0.29) is 18.4 Å². The Labute approximate surface area is 120 Å². The molecule has 19 heavy (non-hydrogen) atoms. The Morgan fingerprint density at radius 3 is 2.74 bits per heavy atom. The summed E-state index contributed by atoms with van der Waals surface area (Å²) >= 11 is 3.24. The minimum absolute atomic E-state index is 0.00774. The number of hydrogen-bond donors (Lipinski definition) is 0. The third-order valence-electron chi connectivity index (χ3n) is 3.17. The Hall–Kier alpha value is -1.43. The van der Waals surface area contributed by atoms with Gasteiger partial charge in [-0.3, -0.25) is 9.59 Å². The second kappa shape index (κ2) is 6.14. The highest BCUT2D eigenvalue weighted by Gasteiger charge is 2.22. The predicted octanol–water partition coefficient (Wildman–Crippen LogP) is 1.54. The van der Waals surface area contributed by atoms with Crippen LogP contribution in [0.1, 0.15) is 23.2 Å². The van der Waals surface area contributed by atoms with Gasteiger partial charge in [0.2, 0.25) is 5.91 Å². The van der Waals surface area contributed by atoms with Crippen molar-refractivity contribution in [2.24, 2.45) is 0 Å². The highest BCUT2D eigenvalue weighted by Crippen LogP contribution is 2.15. The third-order valence-corrected chi connectivity index (χ3v) is 3.80. The summed E-state index contributed by atoms with van der Waals surface area (Å²) in [6.07, 6.45) is 3.71. The molecule has 1 aromatic heterocycles. The van der Waals surface area contributed by atoms with E-state index in [4.69, 9.17) is 0 Å². The molecule has 6 heteroatoms. The molecule has 0 spiro atoms. The average molecular weight is 326 g/mol. The molecular formula is C13H16BrN3O2. The molecule has 2 heterocycles. The van der Waals surface area contributed by atoms with Gasteiger partial charge >= 0.3 is 0 Å². The molecule has 5 nitrogen and oxygen atoms in total. The largest absolute Gasteiger partial charge is 0.341 e. The van der Waals surface area contributed by atoms with Crippen LogP contribution in [0.5, 0.6) is 0 Å². The van der Waals surface area contributed by atoms with E-state index in [9.17, 15) is 9.59 Å². The Balaban J connectivity index is 1.99. The van der Waals surface area contributed by atoms with E-state index >= 15 is 0 Å². The highest BCUT2D eigenvalue weighted by molar-refractivity contribution is 9.10. The second-order valence-corrected chi connectivity index (χ2v) is 5.34. The number of likely N-dealkylation sites (tertiary alicyclic amines) is 1. The molecule has 0 atom stereocenters. The van der Waals surface area contributed by atoms with Crippen LogP contribution in [0.15, 0.2) is 22.9 Å². The van der Waals surface area contributed by atoms with E-state index in [1.807, 2.05) is 4.90 Å². The zero-order valence-electron chi connectivity index (χ0n) is 10.8. The molecule has 2 rings (SSSR count). The molecule has 1 aliphatic rings. The van der Waals surface area contributed by atoms with Crippen LogP contribution >= 0.6 is 15.9 Å². The van der Waals surface area contributed by atoms with Gasteiger partial charge in [0.25, 0.3) is 5.91 Å². The molecule has 0 aliphatic carbocycles. The van der Waals surface area contributed by atoms with E-state index in [1.54, 1.807) is 25.4 Å². The zero-order chi connectivity index (χ0) is 13.8. The molecule has 1 saturated heterocycles. The van der Waals surface area contributed by atoms with E-state index < -0.39 is 0 Å². The Kier molecular flexibility index (Phi) is 4.52. The van der Waals surface area contributed by atoms with Crippen LogP contribution < -0.4 is 0 Å². The summed E-state index contributed by atoms with van der Waals surface area (Å²) in [6, 6.07) is 3.39. The number of amides is 2. The van der Waals surface area contributed by atoms with Crippen molar-refractivity contribution in [3.05, 3.63) is 28.5 Å². The van der Waals surface area contributed by atoms with Crippen LogP contribution in [0.25, 0.3) is 0 Å². The van der Waals surface area contributed by atoms with Crippen molar-refractivity contribution >= 4 is 27.7 Å². The highest BCUT2D eigenvalue weighted by atomic mass is 79.9. The summed E-state index contributed by atoms with van der Waals surface area (Å²) < 4.78 is 0.500. The number of pyridine rings is 1. The number of aromatic nitrogens is 1. The van der Waals surface area contributed by atoms with E-state index in [1.165, 1.54) is 4.90 Å². The maximum absolute atomic E-state index is 12.2. The molecule has 0 radical (unpaired) electrons. The number of hydrogen-bond acceptors (Lipinski definition) is 3. The molecule has 1 aliphatic heterocycles. The van der Waals surface area contributed by atoms with Gasteiger partial charge in [-0.1, -0.05) is 0 Å². The molecule has 0 N–H and O–H groups in total. The number of rotatable bonds is 3. The number of nitrogens with zero attached hydrogens (tertiary/aromatic N) is 3. The second-order valence-electron chi connectivity index (χ2n) is 4.59. The van der Waals surface area contributed by atoms with E-state index in [0.29, 0.717) is 10.2 Å². The van der Waals surface area contributed by atoms with Crippen molar-refractivity contribution in [1.82, 2.24) is 14.8 Å². The van der Waals surface area contributed by atoms with Crippen molar-refractivity contribution in [3.8, 4) is 0 Å². The van der Waals surface area contributed by atoms with Crippen LogP contribution in [0.2, 0.25) is 0 Å². The van der Waals surface area contributed by atoms with Gasteiger partial charge in [-0.05, 0) is 40.9 Å². The first kappa shape index (κ1) is 14.0. The van der Waals surface area contributed by atoms with Crippen molar-refractivity contribution in [3.63, 3.8) is 0 Å². The molecular weight excluding hydrogens is 310 g/mol. The van der Waals surface area contributed by atoms with Crippen LogP contribution in [-0.4, -0.2) is 53.3 Å². The lowest BCUT2D eigenvalue weighted by Crippen LogP contribution is -2.40. The van der Waals surface area contributed by atoms with Crippen LogP contribution in [0.4, 0.5) is 0 Å². The van der Waals surface area contributed by atoms with Crippen molar-refractivity contribution in [2.75, 3.05) is 26.7 Å². The molecule has 102 valence electrons. The molecule has 0 unspecified atom stereocenters. The quantitative estimate of drug-likeness (QED) is 0.792. The van der Waals surface area contributed by atoms with Gasteiger partial charge in [-0.15, -0.1) is 0 Å². The zero-order valence-corrected chi connectivity index (χ0v) is 12.4. The Bertz CT molecular complexity index is 487. The molecule has 1 aromatic rings. The fourth-order valence-electron chi connectivity index (χ4n) is 2.09. The molecule has 2 amide bonds. The van der Waals surface area contributed by atoms with E-state index in [0.717, 1.165) is 25.9 Å². The van der Waals surface area contributed by atoms with Crippen molar-refractivity contribution < 1.29 is 9.59 Å². The van der Waals surface area contributed by atoms with Gasteiger partial charge in [0, 0.05) is 26.3 Å². The number of likely N-dealkylation sites (N-methyl/N-ethyl adjacent to an activating group) is 1. The summed E-state index contributed by atoms with van der Waals surface area (Å²) in [5.74, 6) is -0.194. The van der Waals surface area contributed by atoms with Crippen molar-refractivity contribution in [2.45, 2.75) is 12.8 Å². The average Bonchev–Trinajstić information content (AvgIpc) is 2.92. The maximum Gasteiger partial charge on any atom is 0.256 e. The number of halogens is 1. The van der Waals surface area contributed by atoms with Gasteiger partial charge in [-0.25, -0.2) is 4.98 Å². The van der Waals surface area contributed by atoms with Gasteiger partial charge < -0.3 is 9.80 Å². The third kappa shape index (κ3) is 3.32. The van der Waals surface area contributed by atoms with Crippen LogP contribution in [0, 0.1) is 0 Å². The summed E-state index contributed by atoms with van der Waals surface area (Å²) in [4.78, 5) is 31.4. The Morgan fingerprint density at radius 2 is 2.11 bits per heavy atom. The lowest BCUT2D eigenvalue weighted by atomic mass is 10.2. The maximum atomic E-state index is 12.2. The first-order valence-corrected chi connectivity index (χ1v) is 7.02. The summed E-state index contributed by atoms with van der Waals surface area (Å²) in [5.41, 5.74) is 0.472. The standard InChI is InChI=1S/C13H16BrN3O2/c1-16(9-11(18)17-7-2-3-8-17)13(19)10-5-4-6-15-12(10)14/h4-6H,2-3,7-9H2,1H3.